The van der Waals surface area contributed by atoms with E-state index in [9.17, 15) is 19.5 Å². The van der Waals surface area contributed by atoms with Crippen molar-refractivity contribution in [3.63, 3.8) is 0 Å². The summed E-state index contributed by atoms with van der Waals surface area (Å²) in [5.41, 5.74) is -0.0581. The van der Waals surface area contributed by atoms with Crippen molar-refractivity contribution in [1.82, 2.24) is 25.5 Å². The number of aliphatic hydroxyl groups is 1. The van der Waals surface area contributed by atoms with Gasteiger partial charge in [0.15, 0.2) is 11.6 Å². The van der Waals surface area contributed by atoms with Crippen LogP contribution < -0.4 is 20.7 Å². The van der Waals surface area contributed by atoms with E-state index < -0.39 is 50.9 Å². The molecule has 12 nitrogen and oxygen atoms in total. The number of aromatic nitrogens is 2. The van der Waals surface area contributed by atoms with Crippen LogP contribution in [0.5, 0.6) is 11.5 Å². The Morgan fingerprint density at radius 2 is 1.82 bits per heavy atom. The predicted octanol–water partition coefficient (Wildman–Crippen LogP) is 5.31. The number of carbonyl (C=O) groups excluding carboxylic acids is 3. The Hall–Kier alpha value is -3.88. The molecule has 0 unspecified atom stereocenters. The molecule has 4 N–H and O–H groups in total. The zero-order valence-electron chi connectivity index (χ0n) is 30.9. The summed E-state index contributed by atoms with van der Waals surface area (Å²) < 4.78 is 35.0. The van der Waals surface area contributed by atoms with Gasteiger partial charge in [0.25, 0.3) is 0 Å². The fraction of sp³-hybridized carbons (Fsp3) is 0.568. The zero-order chi connectivity index (χ0) is 37.4. The van der Waals surface area contributed by atoms with Crippen LogP contribution in [0.15, 0.2) is 36.7 Å². The van der Waals surface area contributed by atoms with Crippen molar-refractivity contribution in [2.24, 2.45) is 0 Å². The number of rotatable bonds is 15. The molecule has 2 aromatic heterocycles. The van der Waals surface area contributed by atoms with Crippen LogP contribution in [0, 0.1) is 12.7 Å². The molecule has 1 aromatic carbocycles. The standard InChI is InChI=1S/C37H54FN5O7S/c1-25-23-43(24-48-19-20-51(5,6)7)32-31(25)30(13-16-39-32)49-29-12-11-26(21-27(29)38)22-28(41-35(47)50-36(2,3)4)33(45)42-37(14-9-8-10-15-37)34(46)40-17-18-44/h11-13,16,21,23,28,44H,8-10,14-15,17-20,22,24H2,1-7H3,(H,40,46)(H,41,47)(H,42,45)/t28-/m0/s1. The Labute approximate surface area is 301 Å². The normalized spacial score (nSPS) is 15.5. The molecule has 282 valence electrons. The molecular formula is C37H54FN5O7S. The van der Waals surface area contributed by atoms with Gasteiger partial charge in [-0.1, -0.05) is 25.3 Å². The SMILES string of the molecule is Cc1cn(COCCS(C)(C)C)c2nccc(Oc3ccc(C[C@H](NC(=O)OC(C)(C)C)C(=O)NC4(C(=O)NCCO)CCCCC4)cc3F)c12. The zero-order valence-corrected chi connectivity index (χ0v) is 31.7. The van der Waals surface area contributed by atoms with Crippen molar-refractivity contribution >= 4 is 39.0 Å². The van der Waals surface area contributed by atoms with Gasteiger partial charge in [0.1, 0.15) is 35.3 Å². The average Bonchev–Trinajstić information content (AvgIpc) is 3.37. The first-order valence-electron chi connectivity index (χ1n) is 17.4. The number of halogens is 1. The lowest BCUT2D eigenvalue weighted by molar-refractivity contribution is -0.136. The van der Waals surface area contributed by atoms with Crippen molar-refractivity contribution in [3.8, 4) is 11.5 Å². The molecule has 0 spiro atoms. The van der Waals surface area contributed by atoms with Gasteiger partial charge in [-0.15, -0.1) is 0 Å². The number of benzene rings is 1. The number of carbonyl (C=O) groups is 3. The van der Waals surface area contributed by atoms with Crippen LogP contribution in [0.4, 0.5) is 9.18 Å². The number of hydrogen-bond donors (Lipinski definition) is 4. The summed E-state index contributed by atoms with van der Waals surface area (Å²) in [6.45, 7) is 7.82. The van der Waals surface area contributed by atoms with Gasteiger partial charge in [-0.25, -0.2) is 24.2 Å². The van der Waals surface area contributed by atoms with Gasteiger partial charge in [0.2, 0.25) is 11.8 Å². The molecule has 1 saturated carbocycles. The van der Waals surface area contributed by atoms with E-state index in [2.05, 4.69) is 39.7 Å². The monoisotopic (exact) mass is 731 g/mol. The lowest BCUT2D eigenvalue weighted by Crippen LogP contribution is -2.63. The maximum absolute atomic E-state index is 15.7. The van der Waals surface area contributed by atoms with Crippen LogP contribution in [0.2, 0.25) is 0 Å². The molecule has 0 radical (unpaired) electrons. The van der Waals surface area contributed by atoms with Gasteiger partial charge in [-0.05, 0) is 88.6 Å². The van der Waals surface area contributed by atoms with E-state index in [1.165, 1.54) is 12.1 Å². The predicted molar refractivity (Wildman–Crippen MR) is 198 cm³/mol. The van der Waals surface area contributed by atoms with Gasteiger partial charge in [-0.2, -0.15) is 0 Å². The lowest BCUT2D eigenvalue weighted by atomic mass is 9.80. The maximum Gasteiger partial charge on any atom is 0.408 e. The summed E-state index contributed by atoms with van der Waals surface area (Å²) in [4.78, 5) is 44.4. The number of amides is 3. The first kappa shape index (κ1) is 39.9. The van der Waals surface area contributed by atoms with E-state index in [1.54, 1.807) is 39.1 Å². The third kappa shape index (κ3) is 11.3. The molecule has 51 heavy (non-hydrogen) atoms. The number of pyridine rings is 1. The van der Waals surface area contributed by atoms with Crippen molar-refractivity contribution in [2.75, 3.05) is 44.3 Å². The summed E-state index contributed by atoms with van der Waals surface area (Å²) in [6, 6.07) is 4.86. The first-order chi connectivity index (χ1) is 24.0. The molecule has 1 atom stereocenters. The van der Waals surface area contributed by atoms with Gasteiger partial charge < -0.3 is 39.8 Å². The molecular weight excluding hydrogens is 678 g/mol. The number of aryl methyl sites for hydroxylation is 1. The Morgan fingerprint density at radius 3 is 2.47 bits per heavy atom. The van der Waals surface area contributed by atoms with E-state index in [0.29, 0.717) is 43.1 Å². The number of nitrogens with one attached hydrogen (secondary N) is 3. The largest absolute Gasteiger partial charge is 0.453 e. The van der Waals surface area contributed by atoms with Gasteiger partial charge in [0, 0.05) is 31.1 Å². The highest BCUT2D eigenvalue weighted by Gasteiger charge is 2.42. The summed E-state index contributed by atoms with van der Waals surface area (Å²) >= 11 is 0. The van der Waals surface area contributed by atoms with Gasteiger partial charge >= 0.3 is 6.09 Å². The summed E-state index contributed by atoms with van der Waals surface area (Å²) in [5.74, 6) is -0.253. The molecule has 0 saturated heterocycles. The molecule has 1 fully saturated rings. The van der Waals surface area contributed by atoms with Crippen molar-refractivity contribution in [1.29, 1.82) is 0 Å². The molecule has 14 heteroatoms. The molecule has 3 amide bonds. The van der Waals surface area contributed by atoms with Crippen LogP contribution >= 0.6 is 10.0 Å². The molecule has 4 rings (SSSR count). The van der Waals surface area contributed by atoms with Crippen LogP contribution in [-0.4, -0.2) is 94.0 Å². The Balaban J connectivity index is 1.54. The quantitative estimate of drug-likeness (QED) is 0.154. The van der Waals surface area contributed by atoms with Crippen molar-refractivity contribution < 1.29 is 38.1 Å². The third-order valence-corrected chi connectivity index (χ3v) is 9.94. The number of alkyl carbamates (subject to hydrolysis) is 1. The average molecular weight is 732 g/mol. The van der Waals surface area contributed by atoms with E-state index in [4.69, 9.17) is 14.2 Å². The fourth-order valence-electron chi connectivity index (χ4n) is 6.03. The Bertz CT molecular complexity index is 1680. The summed E-state index contributed by atoms with van der Waals surface area (Å²) in [5, 5.41) is 18.2. The van der Waals surface area contributed by atoms with Crippen LogP contribution in [0.25, 0.3) is 11.0 Å². The first-order valence-corrected chi connectivity index (χ1v) is 20.4. The highest BCUT2D eigenvalue weighted by Crippen LogP contribution is 2.35. The lowest BCUT2D eigenvalue weighted by Gasteiger charge is -2.37. The van der Waals surface area contributed by atoms with Crippen LogP contribution in [-0.2, 0) is 32.2 Å². The van der Waals surface area contributed by atoms with E-state index in [0.717, 1.165) is 36.0 Å². The van der Waals surface area contributed by atoms with Crippen LogP contribution in [0.3, 0.4) is 0 Å². The van der Waals surface area contributed by atoms with E-state index >= 15 is 4.39 Å². The Morgan fingerprint density at radius 1 is 1.10 bits per heavy atom. The molecule has 0 aliphatic heterocycles. The second kappa shape index (κ2) is 17.1. The molecule has 2 heterocycles. The second-order valence-corrected chi connectivity index (χ2v) is 19.6. The second-order valence-electron chi connectivity index (χ2n) is 15.0. The van der Waals surface area contributed by atoms with E-state index in [-0.39, 0.29) is 25.3 Å². The number of hydrogen-bond acceptors (Lipinski definition) is 8. The van der Waals surface area contributed by atoms with Gasteiger partial charge in [0.05, 0.1) is 18.6 Å². The molecule has 0 bridgehead atoms. The summed E-state index contributed by atoms with van der Waals surface area (Å²) in [7, 11) is -0.674. The maximum atomic E-state index is 15.7. The molecule has 3 aromatic rings. The topological polar surface area (TPSA) is 153 Å². The fourth-order valence-corrected chi connectivity index (χ4v) is 6.65. The third-order valence-electron chi connectivity index (χ3n) is 8.54. The Kier molecular flexibility index (Phi) is 13.4. The number of fused-ring (bicyclic) bond motifs is 1. The number of nitrogens with zero attached hydrogens (tertiary/aromatic N) is 2. The number of aliphatic hydroxyl groups excluding tert-OH is 1. The highest BCUT2D eigenvalue weighted by atomic mass is 32.3. The number of ether oxygens (including phenoxy) is 3. The smallest absolute Gasteiger partial charge is 0.408 e. The summed E-state index contributed by atoms with van der Waals surface area (Å²) in [6.07, 6.45) is 12.6. The minimum absolute atomic E-state index is 0.0226. The molecule has 1 aliphatic carbocycles. The van der Waals surface area contributed by atoms with E-state index in [1.807, 2.05) is 17.7 Å². The highest BCUT2D eigenvalue weighted by molar-refractivity contribution is 8.32. The van der Waals surface area contributed by atoms with Crippen molar-refractivity contribution in [2.45, 2.75) is 90.1 Å². The van der Waals surface area contributed by atoms with Gasteiger partial charge in [-0.3, -0.25) is 9.59 Å². The minimum atomic E-state index is -1.20. The minimum Gasteiger partial charge on any atom is -0.453 e. The van der Waals surface area contributed by atoms with Crippen molar-refractivity contribution in [3.05, 3.63) is 53.6 Å². The molecule has 1 aliphatic rings. The van der Waals surface area contributed by atoms with Crippen LogP contribution in [0.1, 0.15) is 64.0 Å².